The summed E-state index contributed by atoms with van der Waals surface area (Å²) in [4.78, 5) is 0. The van der Waals surface area contributed by atoms with Crippen LogP contribution in [-0.4, -0.2) is 29.8 Å². The van der Waals surface area contributed by atoms with Crippen LogP contribution in [0, 0.1) is 0 Å². The van der Waals surface area contributed by atoms with Crippen LogP contribution in [0.2, 0.25) is 0 Å². The van der Waals surface area contributed by atoms with Crippen molar-refractivity contribution in [3.63, 3.8) is 0 Å². The summed E-state index contributed by atoms with van der Waals surface area (Å²) in [5.41, 5.74) is 8.87. The van der Waals surface area contributed by atoms with E-state index in [-0.39, 0.29) is 11.6 Å². The van der Waals surface area contributed by atoms with Gasteiger partial charge in [0.1, 0.15) is 11.9 Å². The van der Waals surface area contributed by atoms with E-state index in [1.54, 1.807) is 0 Å². The van der Waals surface area contributed by atoms with Crippen LogP contribution < -0.4 is 10.5 Å². The highest BCUT2D eigenvalue weighted by atomic mass is 32.2. The molecule has 21 heavy (non-hydrogen) atoms. The van der Waals surface area contributed by atoms with E-state index in [1.165, 1.54) is 23.3 Å². The van der Waals surface area contributed by atoms with Gasteiger partial charge >= 0.3 is 0 Å². The van der Waals surface area contributed by atoms with Gasteiger partial charge in [-0.3, -0.25) is 0 Å². The highest BCUT2D eigenvalue weighted by Crippen LogP contribution is 2.40. The number of hydrogen-bond donors (Lipinski definition) is 1. The van der Waals surface area contributed by atoms with E-state index in [0.29, 0.717) is 6.10 Å². The number of benzene rings is 1. The SMILES string of the molecule is N[C@@H]1CCc2cc(OC3CCOC4(CCSC4)C3)ccc21. The second-order valence-corrected chi connectivity index (χ2v) is 7.68. The van der Waals surface area contributed by atoms with E-state index >= 15 is 0 Å². The van der Waals surface area contributed by atoms with Gasteiger partial charge in [0, 0.05) is 24.6 Å². The van der Waals surface area contributed by atoms with Crippen molar-refractivity contribution < 1.29 is 9.47 Å². The molecule has 2 aliphatic heterocycles. The molecule has 0 saturated carbocycles. The predicted octanol–water partition coefficient (Wildman–Crippen LogP) is 3.07. The lowest BCUT2D eigenvalue weighted by Gasteiger charge is -2.37. The largest absolute Gasteiger partial charge is 0.490 e. The Balaban J connectivity index is 1.46. The summed E-state index contributed by atoms with van der Waals surface area (Å²) in [6, 6.07) is 6.67. The van der Waals surface area contributed by atoms with Gasteiger partial charge in [0.15, 0.2) is 0 Å². The average Bonchev–Trinajstić information content (AvgIpc) is 3.07. The molecule has 0 bridgehead atoms. The maximum Gasteiger partial charge on any atom is 0.120 e. The molecule has 1 aliphatic carbocycles. The first-order valence-electron chi connectivity index (χ1n) is 8.01. The number of fused-ring (bicyclic) bond motifs is 1. The smallest absolute Gasteiger partial charge is 0.120 e. The molecular weight excluding hydrogens is 282 g/mol. The lowest BCUT2D eigenvalue weighted by Crippen LogP contribution is -2.43. The van der Waals surface area contributed by atoms with E-state index in [9.17, 15) is 0 Å². The van der Waals surface area contributed by atoms with Gasteiger partial charge in [-0.25, -0.2) is 0 Å². The van der Waals surface area contributed by atoms with Crippen molar-refractivity contribution in [1.29, 1.82) is 0 Å². The summed E-state index contributed by atoms with van der Waals surface area (Å²) in [7, 11) is 0. The van der Waals surface area contributed by atoms with Crippen LogP contribution in [0.5, 0.6) is 5.75 Å². The molecule has 2 unspecified atom stereocenters. The Kier molecular flexibility index (Phi) is 3.64. The monoisotopic (exact) mass is 305 g/mol. The Morgan fingerprint density at radius 1 is 1.33 bits per heavy atom. The fourth-order valence-electron chi connectivity index (χ4n) is 3.84. The summed E-state index contributed by atoms with van der Waals surface area (Å²) in [6.07, 6.45) is 5.67. The lowest BCUT2D eigenvalue weighted by atomic mass is 9.91. The molecule has 1 spiro atoms. The standard InChI is InChI=1S/C17H23NO2S/c18-16-4-1-12-9-13(2-3-15(12)16)20-14-5-7-19-17(10-14)6-8-21-11-17/h2-3,9,14,16H,1,4-8,10-11,18H2/t14?,16-,17?/m1/s1. The lowest BCUT2D eigenvalue weighted by molar-refractivity contribution is -0.0959. The van der Waals surface area contributed by atoms with Gasteiger partial charge in [0.2, 0.25) is 0 Å². The first-order valence-corrected chi connectivity index (χ1v) is 9.16. The number of aryl methyl sites for hydroxylation is 1. The van der Waals surface area contributed by atoms with E-state index in [2.05, 4.69) is 18.2 Å². The van der Waals surface area contributed by atoms with Crippen molar-refractivity contribution in [3.8, 4) is 5.75 Å². The maximum absolute atomic E-state index is 6.27. The first-order chi connectivity index (χ1) is 10.2. The van der Waals surface area contributed by atoms with Crippen LogP contribution in [0.15, 0.2) is 18.2 Å². The van der Waals surface area contributed by atoms with Gasteiger partial charge in [-0.1, -0.05) is 6.07 Å². The molecule has 3 atom stereocenters. The molecule has 1 aromatic carbocycles. The second-order valence-electron chi connectivity index (χ2n) is 6.57. The molecule has 2 heterocycles. The molecule has 114 valence electrons. The van der Waals surface area contributed by atoms with Crippen molar-refractivity contribution >= 4 is 11.8 Å². The van der Waals surface area contributed by atoms with Crippen LogP contribution in [0.25, 0.3) is 0 Å². The van der Waals surface area contributed by atoms with Crippen LogP contribution in [-0.2, 0) is 11.2 Å². The summed E-state index contributed by atoms with van der Waals surface area (Å²) < 4.78 is 12.3. The number of hydrogen-bond acceptors (Lipinski definition) is 4. The third-order valence-electron chi connectivity index (χ3n) is 5.06. The second kappa shape index (κ2) is 5.49. The summed E-state index contributed by atoms with van der Waals surface area (Å²) in [5.74, 6) is 3.37. The van der Waals surface area contributed by atoms with Crippen molar-refractivity contribution in [2.45, 2.75) is 49.9 Å². The Morgan fingerprint density at radius 3 is 3.14 bits per heavy atom. The topological polar surface area (TPSA) is 44.5 Å². The Bertz CT molecular complexity index is 528. The number of thioether (sulfide) groups is 1. The van der Waals surface area contributed by atoms with Gasteiger partial charge in [-0.05, 0) is 48.3 Å². The summed E-state index contributed by atoms with van der Waals surface area (Å²) in [5, 5.41) is 0. The van der Waals surface area contributed by atoms with Crippen molar-refractivity contribution in [2.24, 2.45) is 5.73 Å². The van der Waals surface area contributed by atoms with Crippen LogP contribution >= 0.6 is 11.8 Å². The average molecular weight is 305 g/mol. The summed E-state index contributed by atoms with van der Waals surface area (Å²) >= 11 is 2.01. The first kappa shape index (κ1) is 13.9. The molecule has 0 aromatic heterocycles. The third kappa shape index (κ3) is 2.69. The molecule has 3 nitrogen and oxygen atoms in total. The van der Waals surface area contributed by atoms with E-state index in [1.807, 2.05) is 11.8 Å². The fourth-order valence-corrected chi connectivity index (χ4v) is 5.22. The molecule has 4 rings (SSSR count). The minimum atomic E-state index is 0.0899. The molecule has 0 radical (unpaired) electrons. The molecule has 4 heteroatoms. The summed E-state index contributed by atoms with van der Waals surface area (Å²) in [6.45, 7) is 0.834. The van der Waals surface area contributed by atoms with Crippen molar-refractivity contribution in [3.05, 3.63) is 29.3 Å². The van der Waals surface area contributed by atoms with Crippen LogP contribution in [0.3, 0.4) is 0 Å². The van der Waals surface area contributed by atoms with Crippen LogP contribution in [0.4, 0.5) is 0 Å². The van der Waals surface area contributed by atoms with Crippen molar-refractivity contribution in [1.82, 2.24) is 0 Å². The van der Waals surface area contributed by atoms with Crippen molar-refractivity contribution in [2.75, 3.05) is 18.1 Å². The van der Waals surface area contributed by atoms with Crippen LogP contribution in [0.1, 0.15) is 42.9 Å². The minimum Gasteiger partial charge on any atom is -0.490 e. The highest BCUT2D eigenvalue weighted by Gasteiger charge is 2.41. The molecule has 1 aromatic rings. The van der Waals surface area contributed by atoms with E-state index in [0.717, 1.165) is 43.8 Å². The molecule has 2 saturated heterocycles. The molecule has 0 amide bonds. The molecular formula is C17H23NO2S. The van der Waals surface area contributed by atoms with E-state index in [4.69, 9.17) is 15.2 Å². The Labute approximate surface area is 130 Å². The van der Waals surface area contributed by atoms with Gasteiger partial charge in [0.25, 0.3) is 0 Å². The zero-order chi connectivity index (χ0) is 14.3. The number of rotatable bonds is 2. The van der Waals surface area contributed by atoms with E-state index < -0.39 is 0 Å². The molecule has 3 aliphatic rings. The third-order valence-corrected chi connectivity index (χ3v) is 6.28. The Morgan fingerprint density at radius 2 is 2.29 bits per heavy atom. The molecule has 2 N–H and O–H groups in total. The fraction of sp³-hybridized carbons (Fsp3) is 0.647. The maximum atomic E-state index is 6.27. The predicted molar refractivity (Wildman–Crippen MR) is 86.0 cm³/mol. The van der Waals surface area contributed by atoms with Gasteiger partial charge in [-0.2, -0.15) is 11.8 Å². The number of ether oxygens (including phenoxy) is 2. The highest BCUT2D eigenvalue weighted by molar-refractivity contribution is 7.99. The Hall–Kier alpha value is -0.710. The zero-order valence-corrected chi connectivity index (χ0v) is 13.2. The van der Waals surface area contributed by atoms with Gasteiger partial charge in [0.05, 0.1) is 12.2 Å². The normalized spacial score (nSPS) is 35.1. The molecule has 2 fully saturated rings. The van der Waals surface area contributed by atoms with Gasteiger partial charge in [-0.15, -0.1) is 0 Å². The number of nitrogens with two attached hydrogens (primary N) is 1. The van der Waals surface area contributed by atoms with Gasteiger partial charge < -0.3 is 15.2 Å². The minimum absolute atomic E-state index is 0.0899. The quantitative estimate of drug-likeness (QED) is 0.912. The zero-order valence-electron chi connectivity index (χ0n) is 12.3.